The highest BCUT2D eigenvalue weighted by Gasteiger charge is 2.06. The molecule has 0 fully saturated rings. The number of aryl methyl sites for hydroxylation is 2. The number of rotatable bonds is 4. The van der Waals surface area contributed by atoms with Crippen LogP contribution >= 0.6 is 0 Å². The average Bonchev–Trinajstić information content (AvgIpc) is 2.40. The third-order valence-corrected chi connectivity index (χ3v) is 2.77. The predicted octanol–water partition coefficient (Wildman–Crippen LogP) is 0.996. The molecule has 0 radical (unpaired) electrons. The fourth-order valence-corrected chi connectivity index (χ4v) is 1.81. The second kappa shape index (κ2) is 5.51. The Balaban J connectivity index is 2.18. The zero-order valence-corrected chi connectivity index (χ0v) is 10.3. The molecule has 1 aromatic carbocycles. The van der Waals surface area contributed by atoms with Crippen LogP contribution in [0.5, 0.6) is 5.75 Å². The van der Waals surface area contributed by atoms with Crippen molar-refractivity contribution in [1.82, 2.24) is 10.2 Å². The van der Waals surface area contributed by atoms with Gasteiger partial charge in [-0.15, -0.1) is 0 Å². The van der Waals surface area contributed by atoms with Crippen LogP contribution < -0.4 is 15.7 Å². The summed E-state index contributed by atoms with van der Waals surface area (Å²) < 4.78 is 18.3. The molecule has 0 saturated heterocycles. The highest BCUT2D eigenvalue weighted by molar-refractivity contribution is 5.34. The van der Waals surface area contributed by atoms with Gasteiger partial charge in [0.05, 0.1) is 7.11 Å². The van der Waals surface area contributed by atoms with Crippen LogP contribution in [0.2, 0.25) is 0 Å². The Morgan fingerprint density at radius 1 is 1.16 bits per heavy atom. The first-order chi connectivity index (χ1) is 9.10. The van der Waals surface area contributed by atoms with Gasteiger partial charge in [0, 0.05) is 11.8 Å². The molecular formula is C13H13FN2O3. The maximum atomic E-state index is 13.2. The number of hydrogen-bond donors (Lipinski definition) is 2. The fraction of sp³-hybridized carbons (Fsp3) is 0.231. The van der Waals surface area contributed by atoms with Crippen LogP contribution in [0, 0.1) is 5.82 Å². The van der Waals surface area contributed by atoms with Gasteiger partial charge in [0.25, 0.3) is 0 Å². The number of ether oxygens (including phenoxy) is 1. The van der Waals surface area contributed by atoms with E-state index in [4.69, 9.17) is 4.74 Å². The van der Waals surface area contributed by atoms with Gasteiger partial charge in [0.15, 0.2) is 0 Å². The lowest BCUT2D eigenvalue weighted by Gasteiger charge is -2.08. The SMILES string of the molecule is COc1ccc(F)cc1CCc1cc(=O)c(=O)[nH][nH]1. The summed E-state index contributed by atoms with van der Waals surface area (Å²) in [5.41, 5.74) is -0.00231. The molecule has 0 saturated carbocycles. The molecule has 1 heterocycles. The summed E-state index contributed by atoms with van der Waals surface area (Å²) in [6.07, 6.45) is 0.953. The number of methoxy groups -OCH3 is 1. The fourth-order valence-electron chi connectivity index (χ4n) is 1.81. The molecule has 0 atom stereocenters. The standard InChI is InChI=1S/C13H13FN2O3/c1-19-12-5-3-9(14)6-8(12)2-4-10-7-11(17)13(18)16-15-10/h3,5-7H,2,4H2,1H3,(H,15,17)(H,16,18). The Labute approximate surface area is 108 Å². The zero-order chi connectivity index (χ0) is 13.8. The van der Waals surface area contributed by atoms with E-state index in [2.05, 4.69) is 10.2 Å². The first kappa shape index (κ1) is 13.1. The van der Waals surface area contributed by atoms with Gasteiger partial charge in [0.2, 0.25) is 5.43 Å². The largest absolute Gasteiger partial charge is 0.496 e. The average molecular weight is 264 g/mol. The minimum absolute atomic E-state index is 0.342. The normalized spacial score (nSPS) is 10.4. The molecule has 2 aromatic rings. The van der Waals surface area contributed by atoms with Crippen molar-refractivity contribution in [2.75, 3.05) is 7.11 Å². The van der Waals surface area contributed by atoms with E-state index in [-0.39, 0.29) is 5.82 Å². The zero-order valence-electron chi connectivity index (χ0n) is 10.3. The number of halogens is 1. The van der Waals surface area contributed by atoms with E-state index in [1.54, 1.807) is 6.07 Å². The van der Waals surface area contributed by atoms with Crippen LogP contribution in [-0.2, 0) is 12.8 Å². The summed E-state index contributed by atoms with van der Waals surface area (Å²) >= 11 is 0. The topological polar surface area (TPSA) is 75.0 Å². The molecule has 2 N–H and O–H groups in total. The Morgan fingerprint density at radius 3 is 2.63 bits per heavy atom. The molecule has 1 aromatic heterocycles. The summed E-state index contributed by atoms with van der Waals surface area (Å²) in [5, 5.41) is 4.87. The Morgan fingerprint density at radius 2 is 1.95 bits per heavy atom. The van der Waals surface area contributed by atoms with Crippen LogP contribution in [0.1, 0.15) is 11.3 Å². The molecule has 0 aliphatic carbocycles. The Bertz CT molecular complexity index is 691. The quantitative estimate of drug-likeness (QED) is 0.809. The highest BCUT2D eigenvalue weighted by Crippen LogP contribution is 2.20. The van der Waals surface area contributed by atoms with E-state index in [0.29, 0.717) is 29.8 Å². The lowest BCUT2D eigenvalue weighted by atomic mass is 10.1. The van der Waals surface area contributed by atoms with E-state index in [0.717, 1.165) is 0 Å². The van der Waals surface area contributed by atoms with Gasteiger partial charge in [-0.1, -0.05) is 0 Å². The Kier molecular flexibility index (Phi) is 3.79. The summed E-state index contributed by atoms with van der Waals surface area (Å²) in [6.45, 7) is 0. The summed E-state index contributed by atoms with van der Waals surface area (Å²) in [5.74, 6) is 0.249. The van der Waals surface area contributed by atoms with Crippen molar-refractivity contribution in [1.29, 1.82) is 0 Å². The molecule has 0 amide bonds. The molecule has 5 nitrogen and oxygen atoms in total. The maximum absolute atomic E-state index is 13.2. The van der Waals surface area contributed by atoms with Gasteiger partial charge in [0.1, 0.15) is 11.6 Å². The van der Waals surface area contributed by atoms with Crippen molar-refractivity contribution in [3.63, 3.8) is 0 Å². The molecule has 6 heteroatoms. The molecule has 19 heavy (non-hydrogen) atoms. The van der Waals surface area contributed by atoms with E-state index < -0.39 is 11.0 Å². The van der Waals surface area contributed by atoms with Gasteiger partial charge < -0.3 is 9.84 Å². The summed E-state index contributed by atoms with van der Waals surface area (Å²) in [6, 6.07) is 5.51. The first-order valence-electron chi connectivity index (χ1n) is 5.73. The summed E-state index contributed by atoms with van der Waals surface area (Å²) in [4.78, 5) is 22.1. The third-order valence-electron chi connectivity index (χ3n) is 2.77. The molecule has 0 aliphatic heterocycles. The van der Waals surface area contributed by atoms with E-state index in [1.165, 1.54) is 25.3 Å². The molecule has 2 rings (SSSR count). The maximum Gasteiger partial charge on any atom is 0.310 e. The van der Waals surface area contributed by atoms with Crippen LogP contribution in [-0.4, -0.2) is 17.3 Å². The summed E-state index contributed by atoms with van der Waals surface area (Å²) in [7, 11) is 1.51. The third kappa shape index (κ3) is 3.09. The molecular weight excluding hydrogens is 251 g/mol. The van der Waals surface area contributed by atoms with Crippen molar-refractivity contribution in [3.05, 3.63) is 61.9 Å². The van der Waals surface area contributed by atoms with E-state index >= 15 is 0 Å². The van der Waals surface area contributed by atoms with Gasteiger partial charge in [-0.2, -0.15) is 0 Å². The van der Waals surface area contributed by atoms with Gasteiger partial charge in [-0.05, 0) is 36.6 Å². The smallest absolute Gasteiger partial charge is 0.310 e. The molecule has 0 bridgehead atoms. The van der Waals surface area contributed by atoms with Crippen molar-refractivity contribution in [2.45, 2.75) is 12.8 Å². The number of aromatic amines is 2. The number of benzene rings is 1. The Hall–Kier alpha value is -2.37. The predicted molar refractivity (Wildman–Crippen MR) is 68.0 cm³/mol. The van der Waals surface area contributed by atoms with Gasteiger partial charge in [-0.25, -0.2) is 4.39 Å². The number of H-pyrrole nitrogens is 2. The minimum atomic E-state index is -0.688. The van der Waals surface area contributed by atoms with Crippen molar-refractivity contribution in [2.24, 2.45) is 0 Å². The monoisotopic (exact) mass is 264 g/mol. The van der Waals surface area contributed by atoms with Crippen molar-refractivity contribution in [3.8, 4) is 5.75 Å². The van der Waals surface area contributed by atoms with E-state index in [9.17, 15) is 14.0 Å². The van der Waals surface area contributed by atoms with E-state index in [1.807, 2.05) is 0 Å². The second-order valence-electron chi connectivity index (χ2n) is 4.07. The second-order valence-corrected chi connectivity index (χ2v) is 4.07. The van der Waals surface area contributed by atoms with Gasteiger partial charge in [-0.3, -0.25) is 14.7 Å². The lowest BCUT2D eigenvalue weighted by Crippen LogP contribution is -2.27. The van der Waals surface area contributed by atoms with Crippen LogP contribution in [0.25, 0.3) is 0 Å². The van der Waals surface area contributed by atoms with Crippen LogP contribution in [0.3, 0.4) is 0 Å². The van der Waals surface area contributed by atoms with Gasteiger partial charge >= 0.3 is 5.56 Å². The number of nitrogens with one attached hydrogen (secondary N) is 2. The van der Waals surface area contributed by atoms with Crippen molar-refractivity contribution < 1.29 is 9.13 Å². The van der Waals surface area contributed by atoms with Crippen LogP contribution in [0.4, 0.5) is 4.39 Å². The lowest BCUT2D eigenvalue weighted by molar-refractivity contribution is 0.408. The molecule has 0 aliphatic rings. The number of hydrogen-bond acceptors (Lipinski definition) is 3. The highest BCUT2D eigenvalue weighted by atomic mass is 19.1. The molecule has 100 valence electrons. The molecule has 0 unspecified atom stereocenters. The minimum Gasteiger partial charge on any atom is -0.496 e. The molecule has 0 spiro atoms. The van der Waals surface area contributed by atoms with Crippen LogP contribution in [0.15, 0.2) is 33.9 Å². The van der Waals surface area contributed by atoms with Crippen molar-refractivity contribution >= 4 is 0 Å². The number of aromatic nitrogens is 2. The first-order valence-corrected chi connectivity index (χ1v) is 5.73.